The lowest BCUT2D eigenvalue weighted by Crippen LogP contribution is -2.01. The fraction of sp³-hybridized carbons (Fsp3) is 0.0833. The number of hydrogen-bond donors (Lipinski definition) is 1. The lowest BCUT2D eigenvalue weighted by atomic mass is 10.0. The van der Waals surface area contributed by atoms with Crippen LogP contribution in [0.5, 0.6) is 0 Å². The average molecular weight is 265 g/mol. The number of carbonyl (C=O) groups is 1. The molecular formula is C12H9BrO2. The van der Waals surface area contributed by atoms with Crippen LogP contribution in [0.1, 0.15) is 15.9 Å². The number of aromatic carboxylic acids is 1. The van der Waals surface area contributed by atoms with Gasteiger partial charge < -0.3 is 5.11 Å². The first kappa shape index (κ1) is 10.2. The lowest BCUT2D eigenvalue weighted by molar-refractivity contribution is 0.0695. The number of hydrogen-bond acceptors (Lipinski definition) is 1. The summed E-state index contributed by atoms with van der Waals surface area (Å²) in [5.41, 5.74) is 1.14. The third kappa shape index (κ3) is 1.63. The molecule has 0 aliphatic rings. The number of benzene rings is 2. The maximum Gasteiger partial charge on any atom is 0.337 e. The van der Waals surface area contributed by atoms with Crippen LogP contribution in [-0.2, 0) is 0 Å². The molecule has 0 saturated carbocycles. The number of halogens is 1. The van der Waals surface area contributed by atoms with Crippen molar-refractivity contribution in [3.8, 4) is 0 Å². The maximum atomic E-state index is 11.1. The monoisotopic (exact) mass is 264 g/mol. The second-order valence-corrected chi connectivity index (χ2v) is 4.24. The highest BCUT2D eigenvalue weighted by atomic mass is 79.9. The van der Waals surface area contributed by atoms with Gasteiger partial charge in [0, 0.05) is 4.47 Å². The molecule has 0 aliphatic heterocycles. The van der Waals surface area contributed by atoms with Crippen molar-refractivity contribution in [1.29, 1.82) is 0 Å². The van der Waals surface area contributed by atoms with Crippen LogP contribution in [0.2, 0.25) is 0 Å². The van der Waals surface area contributed by atoms with Crippen molar-refractivity contribution in [3.05, 3.63) is 45.9 Å². The van der Waals surface area contributed by atoms with Gasteiger partial charge in [-0.1, -0.05) is 24.3 Å². The molecule has 0 unspecified atom stereocenters. The number of fused-ring (bicyclic) bond motifs is 1. The van der Waals surface area contributed by atoms with Crippen molar-refractivity contribution in [2.75, 3.05) is 0 Å². The molecule has 1 N–H and O–H groups in total. The van der Waals surface area contributed by atoms with Crippen molar-refractivity contribution in [1.82, 2.24) is 0 Å². The summed E-state index contributed by atoms with van der Waals surface area (Å²) in [7, 11) is 0. The van der Waals surface area contributed by atoms with E-state index >= 15 is 0 Å². The Morgan fingerprint density at radius 3 is 2.67 bits per heavy atom. The third-order valence-corrected chi connectivity index (χ3v) is 3.10. The van der Waals surface area contributed by atoms with Crippen molar-refractivity contribution >= 4 is 32.7 Å². The first-order valence-electron chi connectivity index (χ1n) is 4.52. The Balaban J connectivity index is 2.90. The Hall–Kier alpha value is -1.35. The fourth-order valence-corrected chi connectivity index (χ4v) is 2.46. The predicted molar refractivity (Wildman–Crippen MR) is 63.3 cm³/mol. The maximum absolute atomic E-state index is 11.1. The summed E-state index contributed by atoms with van der Waals surface area (Å²) in [5, 5.41) is 11.1. The molecule has 0 saturated heterocycles. The molecular weight excluding hydrogens is 256 g/mol. The van der Waals surface area contributed by atoms with Gasteiger partial charge in [-0.2, -0.15) is 0 Å². The van der Waals surface area contributed by atoms with E-state index in [4.69, 9.17) is 5.11 Å². The molecule has 0 spiro atoms. The van der Waals surface area contributed by atoms with Gasteiger partial charge in [-0.15, -0.1) is 0 Å². The van der Waals surface area contributed by atoms with Gasteiger partial charge >= 0.3 is 5.97 Å². The molecule has 3 heteroatoms. The summed E-state index contributed by atoms with van der Waals surface area (Å²) in [5.74, 6) is -0.898. The minimum atomic E-state index is -0.898. The molecule has 2 aromatic carbocycles. The highest BCUT2D eigenvalue weighted by molar-refractivity contribution is 9.10. The molecule has 0 fully saturated rings. The van der Waals surface area contributed by atoms with Gasteiger partial charge in [-0.25, -0.2) is 4.79 Å². The van der Waals surface area contributed by atoms with E-state index in [-0.39, 0.29) is 0 Å². The highest BCUT2D eigenvalue weighted by Gasteiger charge is 2.14. The van der Waals surface area contributed by atoms with Gasteiger partial charge in [0.15, 0.2) is 0 Å². The first-order valence-corrected chi connectivity index (χ1v) is 5.31. The van der Waals surface area contributed by atoms with Crippen LogP contribution in [0.3, 0.4) is 0 Å². The molecule has 0 heterocycles. The molecule has 2 aromatic rings. The van der Waals surface area contributed by atoms with Crippen molar-refractivity contribution in [2.24, 2.45) is 0 Å². The van der Waals surface area contributed by atoms with Crippen LogP contribution in [0.4, 0.5) is 0 Å². The molecule has 0 amide bonds. The summed E-state index contributed by atoms with van der Waals surface area (Å²) < 4.78 is 0.631. The summed E-state index contributed by atoms with van der Waals surface area (Å²) in [4.78, 5) is 11.1. The van der Waals surface area contributed by atoms with E-state index in [1.54, 1.807) is 0 Å². The average Bonchev–Trinajstić information content (AvgIpc) is 2.17. The van der Waals surface area contributed by atoms with Gasteiger partial charge in [0.05, 0.1) is 5.56 Å². The van der Waals surface area contributed by atoms with Crippen LogP contribution in [-0.4, -0.2) is 11.1 Å². The molecule has 0 aliphatic carbocycles. The Kier molecular flexibility index (Phi) is 2.49. The van der Waals surface area contributed by atoms with Crippen molar-refractivity contribution in [2.45, 2.75) is 6.92 Å². The zero-order valence-corrected chi connectivity index (χ0v) is 9.71. The summed E-state index contributed by atoms with van der Waals surface area (Å²) in [6, 6.07) is 9.59. The van der Waals surface area contributed by atoms with Gasteiger partial charge in [0.25, 0.3) is 0 Å². The van der Waals surface area contributed by atoms with Crippen LogP contribution in [0, 0.1) is 6.92 Å². The van der Waals surface area contributed by atoms with E-state index in [1.807, 2.05) is 37.3 Å². The Morgan fingerprint density at radius 1 is 1.33 bits per heavy atom. The van der Waals surface area contributed by atoms with Crippen LogP contribution in [0.25, 0.3) is 10.8 Å². The third-order valence-electron chi connectivity index (χ3n) is 2.47. The molecule has 76 valence electrons. The second kappa shape index (κ2) is 3.66. The molecule has 0 radical (unpaired) electrons. The normalized spacial score (nSPS) is 10.5. The molecule has 0 bridgehead atoms. The Bertz CT molecular complexity index is 547. The Morgan fingerprint density at radius 2 is 2.00 bits per heavy atom. The van der Waals surface area contributed by atoms with Crippen molar-refractivity contribution in [3.63, 3.8) is 0 Å². The van der Waals surface area contributed by atoms with Crippen LogP contribution >= 0.6 is 15.9 Å². The largest absolute Gasteiger partial charge is 0.478 e. The van der Waals surface area contributed by atoms with E-state index in [2.05, 4.69) is 15.9 Å². The van der Waals surface area contributed by atoms with Crippen LogP contribution < -0.4 is 0 Å². The topological polar surface area (TPSA) is 37.3 Å². The molecule has 2 nitrogen and oxygen atoms in total. The number of carboxylic acids is 1. The van der Waals surface area contributed by atoms with E-state index in [1.165, 1.54) is 0 Å². The van der Waals surface area contributed by atoms with E-state index in [0.717, 1.165) is 16.3 Å². The van der Waals surface area contributed by atoms with Crippen molar-refractivity contribution < 1.29 is 9.90 Å². The van der Waals surface area contributed by atoms with E-state index < -0.39 is 5.97 Å². The second-order valence-electron chi connectivity index (χ2n) is 3.38. The van der Waals surface area contributed by atoms with E-state index in [0.29, 0.717) is 10.0 Å². The minimum absolute atomic E-state index is 0.341. The standard InChI is InChI=1S/C12H9BrO2/c1-7-9-5-3-2-4-8(9)6-10(13)11(7)12(14)15/h2-6H,1H3,(H,14,15). The minimum Gasteiger partial charge on any atom is -0.478 e. The zero-order chi connectivity index (χ0) is 11.0. The molecule has 15 heavy (non-hydrogen) atoms. The zero-order valence-electron chi connectivity index (χ0n) is 8.12. The fourth-order valence-electron chi connectivity index (χ4n) is 1.75. The highest BCUT2D eigenvalue weighted by Crippen LogP contribution is 2.28. The summed E-state index contributed by atoms with van der Waals surface area (Å²) >= 11 is 3.29. The van der Waals surface area contributed by atoms with Gasteiger partial charge in [0.1, 0.15) is 0 Å². The summed E-state index contributed by atoms with van der Waals surface area (Å²) in [6.07, 6.45) is 0. The molecule has 0 atom stereocenters. The molecule has 0 aromatic heterocycles. The predicted octanol–water partition coefficient (Wildman–Crippen LogP) is 3.61. The SMILES string of the molecule is Cc1c(C(=O)O)c(Br)cc2ccccc12. The van der Waals surface area contributed by atoms with Gasteiger partial charge in [-0.05, 0) is 45.3 Å². The van der Waals surface area contributed by atoms with Crippen LogP contribution in [0.15, 0.2) is 34.8 Å². The summed E-state index contributed by atoms with van der Waals surface area (Å²) in [6.45, 7) is 1.83. The van der Waals surface area contributed by atoms with Gasteiger partial charge in [0.2, 0.25) is 0 Å². The number of aryl methyl sites for hydroxylation is 1. The van der Waals surface area contributed by atoms with Gasteiger partial charge in [-0.3, -0.25) is 0 Å². The first-order chi connectivity index (χ1) is 7.11. The quantitative estimate of drug-likeness (QED) is 0.855. The molecule has 2 rings (SSSR count). The smallest absolute Gasteiger partial charge is 0.337 e. The van der Waals surface area contributed by atoms with E-state index in [9.17, 15) is 4.79 Å². The Labute approximate surface area is 95.7 Å². The lowest BCUT2D eigenvalue weighted by Gasteiger charge is -2.08. The number of rotatable bonds is 1. The number of carboxylic acid groups (broad SMARTS) is 1.